The molecular formula is C11H24N2O. The van der Waals surface area contributed by atoms with Crippen molar-refractivity contribution in [2.24, 2.45) is 0 Å². The lowest BCUT2D eigenvalue weighted by Crippen LogP contribution is -2.48. The average Bonchev–Trinajstić information content (AvgIpc) is 2.29. The summed E-state index contributed by atoms with van der Waals surface area (Å²) in [7, 11) is 2.03. The van der Waals surface area contributed by atoms with Gasteiger partial charge in [-0.05, 0) is 34.2 Å². The van der Waals surface area contributed by atoms with Gasteiger partial charge in [-0.1, -0.05) is 0 Å². The Morgan fingerprint density at radius 1 is 1.50 bits per heavy atom. The third kappa shape index (κ3) is 3.95. The largest absolute Gasteiger partial charge is 0.377 e. The second-order valence-corrected chi connectivity index (χ2v) is 4.90. The molecule has 0 aromatic heterocycles. The van der Waals surface area contributed by atoms with E-state index in [9.17, 15) is 0 Å². The highest BCUT2D eigenvalue weighted by atomic mass is 16.5. The van der Waals surface area contributed by atoms with Crippen LogP contribution in [0.2, 0.25) is 0 Å². The van der Waals surface area contributed by atoms with Crippen LogP contribution in [0.4, 0.5) is 0 Å². The zero-order chi connectivity index (χ0) is 10.6. The number of nitrogens with one attached hydrogen (secondary N) is 1. The molecule has 3 heteroatoms. The minimum absolute atomic E-state index is 0.198. The summed E-state index contributed by atoms with van der Waals surface area (Å²) in [6, 6.07) is 0. The Morgan fingerprint density at radius 2 is 2.21 bits per heavy atom. The first kappa shape index (κ1) is 12.0. The molecule has 3 nitrogen and oxygen atoms in total. The summed E-state index contributed by atoms with van der Waals surface area (Å²) in [5, 5.41) is 3.34. The van der Waals surface area contributed by atoms with E-state index in [1.165, 1.54) is 0 Å². The normalized spacial score (nSPS) is 26.1. The summed E-state index contributed by atoms with van der Waals surface area (Å²) in [6.07, 6.45) is 1.54. The zero-order valence-electron chi connectivity index (χ0n) is 9.97. The van der Waals surface area contributed by atoms with E-state index in [1.807, 2.05) is 7.05 Å². The fourth-order valence-electron chi connectivity index (χ4n) is 1.86. The standard InChI is InChI=1S/C11H24N2O/c1-10-8-13(6-5-7-14-10)9-11(2,3)12-4/h10,12H,5-9H2,1-4H3. The molecule has 1 aliphatic rings. The quantitative estimate of drug-likeness (QED) is 0.738. The van der Waals surface area contributed by atoms with Gasteiger partial charge in [-0.2, -0.15) is 0 Å². The van der Waals surface area contributed by atoms with Gasteiger partial charge >= 0.3 is 0 Å². The van der Waals surface area contributed by atoms with E-state index in [2.05, 4.69) is 31.0 Å². The second-order valence-electron chi connectivity index (χ2n) is 4.90. The van der Waals surface area contributed by atoms with Crippen LogP contribution < -0.4 is 5.32 Å². The fraction of sp³-hybridized carbons (Fsp3) is 1.00. The maximum atomic E-state index is 5.62. The molecular weight excluding hydrogens is 176 g/mol. The fourth-order valence-corrected chi connectivity index (χ4v) is 1.86. The molecule has 1 saturated heterocycles. The van der Waals surface area contributed by atoms with E-state index in [0.29, 0.717) is 6.10 Å². The molecule has 84 valence electrons. The first-order valence-electron chi connectivity index (χ1n) is 5.56. The van der Waals surface area contributed by atoms with Crippen molar-refractivity contribution in [1.29, 1.82) is 0 Å². The van der Waals surface area contributed by atoms with Crippen molar-refractivity contribution in [3.63, 3.8) is 0 Å². The molecule has 0 aromatic carbocycles. The summed E-state index contributed by atoms with van der Waals surface area (Å²) in [4.78, 5) is 2.49. The van der Waals surface area contributed by atoms with Crippen molar-refractivity contribution in [3.8, 4) is 0 Å². The summed E-state index contributed by atoms with van der Waals surface area (Å²) in [6.45, 7) is 10.9. The number of ether oxygens (including phenoxy) is 1. The predicted molar refractivity (Wildman–Crippen MR) is 59.6 cm³/mol. The molecule has 0 aromatic rings. The van der Waals surface area contributed by atoms with Gasteiger partial charge in [0.25, 0.3) is 0 Å². The number of hydrogen-bond acceptors (Lipinski definition) is 3. The highest BCUT2D eigenvalue weighted by molar-refractivity contribution is 4.81. The molecule has 0 spiro atoms. The van der Waals surface area contributed by atoms with Crippen LogP contribution in [0.3, 0.4) is 0 Å². The Hall–Kier alpha value is -0.120. The molecule has 0 amide bonds. The van der Waals surface area contributed by atoms with Crippen LogP contribution in [0, 0.1) is 0 Å². The maximum absolute atomic E-state index is 5.62. The third-order valence-electron chi connectivity index (χ3n) is 2.83. The van der Waals surface area contributed by atoms with E-state index < -0.39 is 0 Å². The summed E-state index contributed by atoms with van der Waals surface area (Å²) >= 11 is 0. The molecule has 0 radical (unpaired) electrons. The summed E-state index contributed by atoms with van der Waals surface area (Å²) < 4.78 is 5.62. The molecule has 1 unspecified atom stereocenters. The lowest BCUT2D eigenvalue weighted by molar-refractivity contribution is 0.0644. The van der Waals surface area contributed by atoms with Gasteiger partial charge in [-0.3, -0.25) is 4.90 Å². The van der Waals surface area contributed by atoms with Crippen LogP contribution >= 0.6 is 0 Å². The van der Waals surface area contributed by atoms with Crippen molar-refractivity contribution in [2.75, 3.05) is 33.3 Å². The van der Waals surface area contributed by atoms with Crippen molar-refractivity contribution < 1.29 is 4.74 Å². The molecule has 1 N–H and O–H groups in total. The molecule has 0 aliphatic carbocycles. The number of rotatable bonds is 3. The maximum Gasteiger partial charge on any atom is 0.0673 e. The van der Waals surface area contributed by atoms with Gasteiger partial charge in [0.2, 0.25) is 0 Å². The average molecular weight is 200 g/mol. The van der Waals surface area contributed by atoms with E-state index in [0.717, 1.165) is 32.7 Å². The highest BCUT2D eigenvalue weighted by Crippen LogP contribution is 2.10. The van der Waals surface area contributed by atoms with Crippen molar-refractivity contribution in [1.82, 2.24) is 10.2 Å². The molecule has 1 rings (SSSR count). The van der Waals surface area contributed by atoms with Gasteiger partial charge in [0.15, 0.2) is 0 Å². The monoisotopic (exact) mass is 200 g/mol. The first-order chi connectivity index (χ1) is 6.53. The van der Waals surface area contributed by atoms with Crippen LogP contribution in [0.1, 0.15) is 27.2 Å². The smallest absolute Gasteiger partial charge is 0.0673 e. The van der Waals surface area contributed by atoms with Crippen LogP contribution in [-0.4, -0.2) is 49.8 Å². The highest BCUT2D eigenvalue weighted by Gasteiger charge is 2.22. The van der Waals surface area contributed by atoms with Gasteiger partial charge < -0.3 is 10.1 Å². The van der Waals surface area contributed by atoms with Crippen molar-refractivity contribution in [3.05, 3.63) is 0 Å². The minimum Gasteiger partial charge on any atom is -0.377 e. The van der Waals surface area contributed by atoms with Gasteiger partial charge in [0.05, 0.1) is 6.10 Å². The molecule has 1 atom stereocenters. The summed E-state index contributed by atoms with van der Waals surface area (Å²) in [5.41, 5.74) is 0.198. The number of hydrogen-bond donors (Lipinski definition) is 1. The Morgan fingerprint density at radius 3 is 2.86 bits per heavy atom. The molecule has 0 bridgehead atoms. The molecule has 1 aliphatic heterocycles. The van der Waals surface area contributed by atoms with E-state index in [4.69, 9.17) is 4.74 Å². The summed E-state index contributed by atoms with van der Waals surface area (Å²) in [5.74, 6) is 0. The van der Waals surface area contributed by atoms with Crippen LogP contribution in [0.15, 0.2) is 0 Å². The number of likely N-dealkylation sites (N-methyl/N-ethyl adjacent to an activating group) is 1. The Bertz CT molecular complexity index is 171. The zero-order valence-corrected chi connectivity index (χ0v) is 9.97. The third-order valence-corrected chi connectivity index (χ3v) is 2.83. The van der Waals surface area contributed by atoms with Gasteiger partial charge in [0.1, 0.15) is 0 Å². The Kier molecular flexibility index (Phi) is 4.35. The van der Waals surface area contributed by atoms with Crippen LogP contribution in [-0.2, 0) is 4.74 Å². The topological polar surface area (TPSA) is 24.5 Å². The van der Waals surface area contributed by atoms with E-state index in [-0.39, 0.29) is 5.54 Å². The van der Waals surface area contributed by atoms with Crippen molar-refractivity contribution >= 4 is 0 Å². The molecule has 1 fully saturated rings. The molecule has 14 heavy (non-hydrogen) atoms. The Balaban J connectivity index is 2.42. The van der Waals surface area contributed by atoms with Gasteiger partial charge in [-0.15, -0.1) is 0 Å². The molecule has 1 heterocycles. The first-order valence-corrected chi connectivity index (χ1v) is 5.56. The van der Waals surface area contributed by atoms with Crippen LogP contribution in [0.5, 0.6) is 0 Å². The minimum atomic E-state index is 0.198. The lowest BCUT2D eigenvalue weighted by atomic mass is 10.1. The van der Waals surface area contributed by atoms with Crippen LogP contribution in [0.25, 0.3) is 0 Å². The van der Waals surface area contributed by atoms with Gasteiger partial charge in [-0.25, -0.2) is 0 Å². The van der Waals surface area contributed by atoms with Gasteiger partial charge in [0, 0.05) is 31.8 Å². The predicted octanol–water partition coefficient (Wildman–Crippen LogP) is 1.10. The Labute approximate surface area is 87.8 Å². The van der Waals surface area contributed by atoms with E-state index >= 15 is 0 Å². The number of nitrogens with zero attached hydrogens (tertiary/aromatic N) is 1. The van der Waals surface area contributed by atoms with Crippen molar-refractivity contribution in [2.45, 2.75) is 38.8 Å². The van der Waals surface area contributed by atoms with E-state index in [1.54, 1.807) is 0 Å². The SMILES string of the molecule is CNC(C)(C)CN1CCCOC(C)C1. The molecule has 0 saturated carbocycles. The lowest BCUT2D eigenvalue weighted by Gasteiger charge is -2.32. The second kappa shape index (κ2) is 5.10.